The second kappa shape index (κ2) is 4.11. The maximum Gasteiger partial charge on any atom is 0.455 e. The zero-order chi connectivity index (χ0) is 12.5. The molecule has 0 aliphatic carbocycles. The van der Waals surface area contributed by atoms with Gasteiger partial charge in [0.1, 0.15) is 17.1 Å². The molecule has 0 heterocycles. The third-order valence-corrected chi connectivity index (χ3v) is 1.90. The fourth-order valence-corrected chi connectivity index (χ4v) is 1.23. The van der Waals surface area contributed by atoms with Gasteiger partial charge in [-0.25, -0.2) is 4.39 Å². The SMILES string of the molecule is COc1cc(C)cc(F)c1C(=O)C(F)(F)F. The Morgan fingerprint density at radius 1 is 1.31 bits per heavy atom. The molecule has 0 aliphatic heterocycles. The Kier molecular flexibility index (Phi) is 3.21. The Morgan fingerprint density at radius 2 is 1.88 bits per heavy atom. The minimum Gasteiger partial charge on any atom is -0.496 e. The molecule has 16 heavy (non-hydrogen) atoms. The Balaban J connectivity index is 3.38. The van der Waals surface area contributed by atoms with Gasteiger partial charge < -0.3 is 4.74 Å². The molecule has 0 saturated carbocycles. The number of ether oxygens (including phenoxy) is 1. The van der Waals surface area contributed by atoms with Crippen LogP contribution in [0.3, 0.4) is 0 Å². The average Bonchev–Trinajstić information content (AvgIpc) is 2.14. The molecule has 1 rings (SSSR count). The summed E-state index contributed by atoms with van der Waals surface area (Å²) in [5.74, 6) is -3.90. The quantitative estimate of drug-likeness (QED) is 0.583. The number of benzene rings is 1. The van der Waals surface area contributed by atoms with E-state index in [0.717, 1.165) is 13.2 Å². The van der Waals surface area contributed by atoms with E-state index in [1.165, 1.54) is 13.0 Å². The Hall–Kier alpha value is -1.59. The van der Waals surface area contributed by atoms with Gasteiger partial charge in [-0.15, -0.1) is 0 Å². The van der Waals surface area contributed by atoms with Gasteiger partial charge in [0, 0.05) is 0 Å². The zero-order valence-electron chi connectivity index (χ0n) is 8.48. The average molecular weight is 236 g/mol. The first kappa shape index (κ1) is 12.5. The van der Waals surface area contributed by atoms with Crippen molar-refractivity contribution in [3.8, 4) is 5.75 Å². The van der Waals surface area contributed by atoms with Crippen LogP contribution in [0.4, 0.5) is 17.6 Å². The molecular formula is C10H8F4O2. The Bertz CT molecular complexity index is 424. The van der Waals surface area contributed by atoms with Crippen LogP contribution in [0.1, 0.15) is 15.9 Å². The maximum atomic E-state index is 13.3. The Labute approximate surface area is 88.8 Å². The number of rotatable bonds is 2. The summed E-state index contributed by atoms with van der Waals surface area (Å²) in [6.45, 7) is 1.48. The van der Waals surface area contributed by atoms with E-state index in [-0.39, 0.29) is 0 Å². The van der Waals surface area contributed by atoms with E-state index in [2.05, 4.69) is 4.74 Å². The normalized spacial score (nSPS) is 11.4. The van der Waals surface area contributed by atoms with Crippen molar-refractivity contribution in [1.82, 2.24) is 0 Å². The third-order valence-electron chi connectivity index (χ3n) is 1.90. The van der Waals surface area contributed by atoms with E-state index in [4.69, 9.17) is 0 Å². The molecule has 0 bridgehead atoms. The predicted octanol–water partition coefficient (Wildman–Crippen LogP) is 2.89. The first-order chi connectivity index (χ1) is 7.27. The van der Waals surface area contributed by atoms with Gasteiger partial charge in [-0.05, 0) is 24.6 Å². The first-order valence-electron chi connectivity index (χ1n) is 4.23. The zero-order valence-corrected chi connectivity index (χ0v) is 8.48. The number of hydrogen-bond donors (Lipinski definition) is 0. The lowest BCUT2D eigenvalue weighted by Crippen LogP contribution is -2.24. The van der Waals surface area contributed by atoms with E-state index in [1.807, 2.05) is 0 Å². The molecule has 6 heteroatoms. The van der Waals surface area contributed by atoms with Crippen LogP contribution in [-0.2, 0) is 0 Å². The van der Waals surface area contributed by atoms with Crippen molar-refractivity contribution >= 4 is 5.78 Å². The van der Waals surface area contributed by atoms with Gasteiger partial charge in [-0.2, -0.15) is 13.2 Å². The van der Waals surface area contributed by atoms with Crippen LogP contribution in [-0.4, -0.2) is 19.1 Å². The highest BCUT2D eigenvalue weighted by Gasteiger charge is 2.42. The Morgan fingerprint density at radius 3 is 2.31 bits per heavy atom. The molecule has 2 nitrogen and oxygen atoms in total. The van der Waals surface area contributed by atoms with Crippen molar-refractivity contribution in [2.45, 2.75) is 13.1 Å². The largest absolute Gasteiger partial charge is 0.496 e. The summed E-state index contributed by atoms with van der Waals surface area (Å²) in [4.78, 5) is 10.9. The van der Waals surface area contributed by atoms with Crippen LogP contribution in [0, 0.1) is 12.7 Å². The molecule has 0 saturated heterocycles. The minimum absolute atomic E-state index is 0.369. The highest BCUT2D eigenvalue weighted by Crippen LogP contribution is 2.30. The molecule has 0 fully saturated rings. The molecule has 0 aromatic heterocycles. The lowest BCUT2D eigenvalue weighted by atomic mass is 10.1. The number of methoxy groups -OCH3 is 1. The molecule has 0 radical (unpaired) electrons. The smallest absolute Gasteiger partial charge is 0.455 e. The summed E-state index contributed by atoms with van der Waals surface area (Å²) in [6.07, 6.45) is -5.12. The molecule has 1 aromatic rings. The lowest BCUT2D eigenvalue weighted by molar-refractivity contribution is -0.0889. The van der Waals surface area contributed by atoms with Crippen LogP contribution in [0.2, 0.25) is 0 Å². The van der Waals surface area contributed by atoms with Gasteiger partial charge >= 0.3 is 6.18 Å². The molecule has 0 unspecified atom stereocenters. The molecule has 0 aliphatic rings. The number of hydrogen-bond acceptors (Lipinski definition) is 2. The van der Waals surface area contributed by atoms with E-state index in [0.29, 0.717) is 5.56 Å². The summed E-state index contributed by atoms with van der Waals surface area (Å²) in [6, 6.07) is 2.02. The minimum atomic E-state index is -5.12. The van der Waals surface area contributed by atoms with Gasteiger partial charge in [-0.3, -0.25) is 4.79 Å². The number of carbonyl (C=O) groups is 1. The monoisotopic (exact) mass is 236 g/mol. The number of Topliss-reactive ketones (excluding diaryl/α,β-unsaturated/α-hetero) is 1. The van der Waals surface area contributed by atoms with Crippen molar-refractivity contribution in [1.29, 1.82) is 0 Å². The van der Waals surface area contributed by atoms with Gasteiger partial charge in [0.15, 0.2) is 0 Å². The number of halogens is 4. The van der Waals surface area contributed by atoms with E-state index in [1.54, 1.807) is 0 Å². The van der Waals surface area contributed by atoms with Gasteiger partial charge in [-0.1, -0.05) is 0 Å². The van der Waals surface area contributed by atoms with Crippen LogP contribution < -0.4 is 4.74 Å². The number of ketones is 1. The first-order valence-corrected chi connectivity index (χ1v) is 4.23. The van der Waals surface area contributed by atoms with Crippen LogP contribution in [0.5, 0.6) is 5.75 Å². The van der Waals surface area contributed by atoms with Crippen LogP contribution in [0.15, 0.2) is 12.1 Å². The molecule has 1 aromatic carbocycles. The van der Waals surface area contributed by atoms with Crippen molar-refractivity contribution in [2.75, 3.05) is 7.11 Å². The summed E-state index contributed by atoms with van der Waals surface area (Å²) in [5.41, 5.74) is -0.714. The van der Waals surface area contributed by atoms with E-state index >= 15 is 0 Å². The van der Waals surface area contributed by atoms with Crippen LogP contribution >= 0.6 is 0 Å². The molecule has 0 spiro atoms. The molecule has 88 valence electrons. The van der Waals surface area contributed by atoms with Gasteiger partial charge in [0.2, 0.25) is 0 Å². The molecule has 0 N–H and O–H groups in total. The summed E-state index contributed by atoms with van der Waals surface area (Å²) in [5, 5.41) is 0. The van der Waals surface area contributed by atoms with Crippen molar-refractivity contribution in [3.63, 3.8) is 0 Å². The standard InChI is InChI=1S/C10H8F4O2/c1-5-3-6(11)8(7(4-5)16-2)9(15)10(12,13)14/h3-4H,1-2H3. The summed E-state index contributed by atoms with van der Waals surface area (Å²) < 4.78 is 54.3. The van der Waals surface area contributed by atoms with Crippen molar-refractivity contribution in [2.24, 2.45) is 0 Å². The molecule has 0 atom stereocenters. The fraction of sp³-hybridized carbons (Fsp3) is 0.300. The number of alkyl halides is 3. The van der Waals surface area contributed by atoms with E-state index < -0.39 is 29.1 Å². The van der Waals surface area contributed by atoms with E-state index in [9.17, 15) is 22.4 Å². The van der Waals surface area contributed by atoms with Gasteiger partial charge in [0.25, 0.3) is 5.78 Å². The van der Waals surface area contributed by atoms with Crippen molar-refractivity contribution < 1.29 is 27.1 Å². The van der Waals surface area contributed by atoms with Crippen LogP contribution in [0.25, 0.3) is 0 Å². The molecule has 0 amide bonds. The second-order valence-electron chi connectivity index (χ2n) is 3.15. The van der Waals surface area contributed by atoms with Gasteiger partial charge in [0.05, 0.1) is 7.11 Å². The molecular weight excluding hydrogens is 228 g/mol. The maximum absolute atomic E-state index is 13.3. The number of carbonyl (C=O) groups excluding carboxylic acids is 1. The predicted molar refractivity (Wildman–Crippen MR) is 48.1 cm³/mol. The summed E-state index contributed by atoms with van der Waals surface area (Å²) >= 11 is 0. The fourth-order valence-electron chi connectivity index (χ4n) is 1.23. The van der Waals surface area contributed by atoms with Crippen molar-refractivity contribution in [3.05, 3.63) is 29.1 Å². The summed E-state index contributed by atoms with van der Waals surface area (Å²) in [7, 11) is 1.07. The highest BCUT2D eigenvalue weighted by molar-refractivity contribution is 6.02. The third kappa shape index (κ3) is 2.32. The second-order valence-corrected chi connectivity index (χ2v) is 3.15. The highest BCUT2D eigenvalue weighted by atomic mass is 19.4. The topological polar surface area (TPSA) is 26.3 Å². The lowest BCUT2D eigenvalue weighted by Gasteiger charge is -2.11. The number of aryl methyl sites for hydroxylation is 1.